The Hall–Kier alpha value is -2.78. The number of rotatable bonds is 7. The third-order valence-electron chi connectivity index (χ3n) is 2.91. The minimum Gasteiger partial charge on any atom is -0.451 e. The van der Waals surface area contributed by atoms with Gasteiger partial charge in [0.05, 0.1) is 6.61 Å². The monoisotopic (exact) mass is 363 g/mol. The molecule has 132 valence electrons. The molecule has 9 heteroatoms. The van der Waals surface area contributed by atoms with E-state index in [4.69, 9.17) is 9.47 Å². The lowest BCUT2D eigenvalue weighted by molar-refractivity contribution is -0.123. The number of esters is 1. The van der Waals surface area contributed by atoms with Crippen LogP contribution < -0.4 is 10.6 Å². The molecule has 8 nitrogen and oxygen atoms in total. The van der Waals surface area contributed by atoms with E-state index in [-0.39, 0.29) is 12.2 Å². The van der Waals surface area contributed by atoms with Gasteiger partial charge in [0.25, 0.3) is 5.91 Å². The molecule has 0 atom stereocenters. The Morgan fingerprint density at radius 1 is 1.20 bits per heavy atom. The van der Waals surface area contributed by atoms with Crippen molar-refractivity contribution in [3.8, 4) is 10.6 Å². The second-order valence-corrected chi connectivity index (χ2v) is 5.64. The van der Waals surface area contributed by atoms with E-state index in [9.17, 15) is 14.4 Å². The van der Waals surface area contributed by atoms with Gasteiger partial charge in [-0.3, -0.25) is 10.1 Å². The number of benzene rings is 1. The van der Waals surface area contributed by atoms with E-state index in [0.717, 1.165) is 5.56 Å². The highest BCUT2D eigenvalue weighted by atomic mass is 32.1. The van der Waals surface area contributed by atoms with Gasteiger partial charge in [-0.25, -0.2) is 14.6 Å². The highest BCUT2D eigenvalue weighted by Gasteiger charge is 2.15. The van der Waals surface area contributed by atoms with Gasteiger partial charge in [0, 0.05) is 24.6 Å². The maximum Gasteiger partial charge on any atom is 0.358 e. The summed E-state index contributed by atoms with van der Waals surface area (Å²) in [6.07, 6.45) is 0. The van der Waals surface area contributed by atoms with Crippen LogP contribution in [0.1, 0.15) is 10.5 Å². The summed E-state index contributed by atoms with van der Waals surface area (Å²) in [7, 11) is 1.49. The van der Waals surface area contributed by atoms with Crippen LogP contribution in [-0.2, 0) is 14.3 Å². The summed E-state index contributed by atoms with van der Waals surface area (Å²) in [5.41, 5.74) is 0.998. The summed E-state index contributed by atoms with van der Waals surface area (Å²) in [6.45, 7) is 0.00931. The van der Waals surface area contributed by atoms with Gasteiger partial charge >= 0.3 is 12.0 Å². The smallest absolute Gasteiger partial charge is 0.358 e. The molecule has 0 radical (unpaired) electrons. The number of nitrogens with one attached hydrogen (secondary N) is 2. The number of aromatic nitrogens is 1. The number of ether oxygens (including phenoxy) is 2. The zero-order valence-electron chi connectivity index (χ0n) is 13.5. The molecule has 3 amide bonds. The molecule has 0 aliphatic carbocycles. The van der Waals surface area contributed by atoms with Crippen molar-refractivity contribution in [2.45, 2.75) is 0 Å². The Morgan fingerprint density at radius 2 is 1.96 bits per heavy atom. The van der Waals surface area contributed by atoms with Gasteiger partial charge in [-0.1, -0.05) is 30.3 Å². The number of carbonyl (C=O) groups is 3. The molecular formula is C16H17N3O5S. The van der Waals surface area contributed by atoms with Crippen LogP contribution in [0.15, 0.2) is 35.7 Å². The van der Waals surface area contributed by atoms with Crippen molar-refractivity contribution in [1.29, 1.82) is 0 Å². The van der Waals surface area contributed by atoms with Crippen molar-refractivity contribution < 1.29 is 23.9 Å². The molecule has 0 spiro atoms. The number of hydrogen-bond donors (Lipinski definition) is 2. The van der Waals surface area contributed by atoms with Crippen LogP contribution in [0.3, 0.4) is 0 Å². The van der Waals surface area contributed by atoms with Crippen molar-refractivity contribution in [1.82, 2.24) is 15.6 Å². The second kappa shape index (κ2) is 9.50. The lowest BCUT2D eigenvalue weighted by atomic mass is 10.2. The summed E-state index contributed by atoms with van der Waals surface area (Å²) in [5.74, 6) is -1.46. The zero-order chi connectivity index (χ0) is 18.1. The molecule has 2 rings (SSSR count). The summed E-state index contributed by atoms with van der Waals surface area (Å²) < 4.78 is 9.61. The summed E-state index contributed by atoms with van der Waals surface area (Å²) in [6, 6.07) is 8.70. The van der Waals surface area contributed by atoms with Crippen LogP contribution in [0.5, 0.6) is 0 Å². The van der Waals surface area contributed by atoms with Crippen LogP contribution in [0.25, 0.3) is 10.6 Å². The number of imide groups is 1. The number of amides is 3. The number of hydrogen-bond acceptors (Lipinski definition) is 7. The van der Waals surface area contributed by atoms with E-state index in [2.05, 4.69) is 10.3 Å². The van der Waals surface area contributed by atoms with E-state index in [1.807, 2.05) is 35.6 Å². The minimum absolute atomic E-state index is 0.112. The van der Waals surface area contributed by atoms with E-state index < -0.39 is 24.5 Å². The van der Waals surface area contributed by atoms with Gasteiger partial charge in [0.15, 0.2) is 12.3 Å². The number of methoxy groups -OCH3 is 1. The first-order chi connectivity index (χ1) is 12.1. The van der Waals surface area contributed by atoms with Gasteiger partial charge in [-0.15, -0.1) is 11.3 Å². The first-order valence-electron chi connectivity index (χ1n) is 7.35. The first-order valence-corrected chi connectivity index (χ1v) is 8.23. The largest absolute Gasteiger partial charge is 0.451 e. The van der Waals surface area contributed by atoms with Crippen LogP contribution in [-0.4, -0.2) is 49.8 Å². The minimum atomic E-state index is -0.734. The molecule has 0 aliphatic rings. The van der Waals surface area contributed by atoms with Gasteiger partial charge in [0.2, 0.25) is 0 Å². The maximum atomic E-state index is 11.9. The fourth-order valence-electron chi connectivity index (χ4n) is 1.76. The molecule has 0 saturated heterocycles. The molecule has 0 bridgehead atoms. The number of urea groups is 1. The lowest BCUT2D eigenvalue weighted by Crippen LogP contribution is -2.42. The van der Waals surface area contributed by atoms with Crippen molar-refractivity contribution in [2.75, 3.05) is 26.9 Å². The third-order valence-corrected chi connectivity index (χ3v) is 3.80. The number of carbonyl (C=O) groups excluding carboxylic acids is 3. The van der Waals surface area contributed by atoms with E-state index >= 15 is 0 Å². The van der Waals surface area contributed by atoms with Crippen molar-refractivity contribution in [2.24, 2.45) is 0 Å². The summed E-state index contributed by atoms with van der Waals surface area (Å²) in [4.78, 5) is 39.0. The third kappa shape index (κ3) is 5.98. The van der Waals surface area contributed by atoms with Crippen molar-refractivity contribution >= 4 is 29.2 Å². The van der Waals surface area contributed by atoms with Gasteiger partial charge < -0.3 is 14.8 Å². The van der Waals surface area contributed by atoms with Gasteiger partial charge in [-0.2, -0.15) is 0 Å². The standard InChI is InChI=1S/C16H17N3O5S/c1-23-8-7-17-16(22)19-13(20)9-24-15(21)12-10-25-14(18-12)11-5-3-2-4-6-11/h2-6,10H,7-9H2,1H3,(H2,17,19,20,22). The SMILES string of the molecule is COCCNC(=O)NC(=O)COC(=O)c1csc(-c2ccccc2)n1. The highest BCUT2D eigenvalue weighted by Crippen LogP contribution is 2.23. The van der Waals surface area contributed by atoms with Crippen LogP contribution in [0, 0.1) is 0 Å². The Kier molecular flexibility index (Phi) is 7.05. The highest BCUT2D eigenvalue weighted by molar-refractivity contribution is 7.13. The van der Waals surface area contributed by atoms with Crippen LogP contribution >= 0.6 is 11.3 Å². The lowest BCUT2D eigenvalue weighted by Gasteiger charge is -2.06. The molecule has 25 heavy (non-hydrogen) atoms. The Labute approximate surface area is 148 Å². The molecule has 1 heterocycles. The quantitative estimate of drug-likeness (QED) is 0.569. The summed E-state index contributed by atoms with van der Waals surface area (Å²) >= 11 is 1.30. The van der Waals surface area contributed by atoms with E-state index in [0.29, 0.717) is 11.6 Å². The second-order valence-electron chi connectivity index (χ2n) is 4.78. The Bertz CT molecular complexity index is 732. The molecule has 0 fully saturated rings. The molecular weight excluding hydrogens is 346 g/mol. The molecule has 1 aromatic carbocycles. The summed E-state index contributed by atoms with van der Waals surface area (Å²) in [5, 5.41) is 6.68. The van der Waals surface area contributed by atoms with Gasteiger partial charge in [0.1, 0.15) is 5.01 Å². The first kappa shape index (κ1) is 18.6. The molecule has 0 saturated carbocycles. The molecule has 2 N–H and O–H groups in total. The zero-order valence-corrected chi connectivity index (χ0v) is 14.3. The van der Waals surface area contributed by atoms with Gasteiger partial charge in [-0.05, 0) is 0 Å². The average Bonchev–Trinajstić information content (AvgIpc) is 3.11. The van der Waals surface area contributed by atoms with Crippen LogP contribution in [0.4, 0.5) is 4.79 Å². The predicted octanol–water partition coefficient (Wildman–Crippen LogP) is 1.44. The Morgan fingerprint density at radius 3 is 2.68 bits per heavy atom. The van der Waals surface area contributed by atoms with Crippen LogP contribution in [0.2, 0.25) is 0 Å². The molecule has 2 aromatic rings. The topological polar surface area (TPSA) is 107 Å². The molecule has 0 aliphatic heterocycles. The molecule has 0 unspecified atom stereocenters. The maximum absolute atomic E-state index is 11.9. The fourth-order valence-corrected chi connectivity index (χ4v) is 2.55. The van der Waals surface area contributed by atoms with E-state index in [1.54, 1.807) is 5.38 Å². The van der Waals surface area contributed by atoms with Crippen molar-refractivity contribution in [3.63, 3.8) is 0 Å². The normalized spacial score (nSPS) is 10.1. The van der Waals surface area contributed by atoms with Crippen molar-refractivity contribution in [3.05, 3.63) is 41.4 Å². The fraction of sp³-hybridized carbons (Fsp3) is 0.250. The van der Waals surface area contributed by atoms with E-state index in [1.165, 1.54) is 18.4 Å². The Balaban J connectivity index is 1.79. The predicted molar refractivity (Wildman–Crippen MR) is 91.2 cm³/mol. The number of nitrogens with zero attached hydrogens (tertiary/aromatic N) is 1. The average molecular weight is 363 g/mol. The number of thiazole rings is 1. The molecule has 1 aromatic heterocycles.